The van der Waals surface area contributed by atoms with Gasteiger partial charge in [-0.3, -0.25) is 0 Å². The van der Waals surface area contributed by atoms with Crippen LogP contribution in [0.25, 0.3) is 82.5 Å². The van der Waals surface area contributed by atoms with E-state index in [1.54, 1.807) is 12.1 Å². The second-order valence-corrected chi connectivity index (χ2v) is 20.2. The number of fused-ring (bicyclic) bond motifs is 16. The average Bonchev–Trinajstić information content (AvgIpc) is 4.08. The summed E-state index contributed by atoms with van der Waals surface area (Å²) in [7, 11) is -3.90. The van der Waals surface area contributed by atoms with E-state index in [0.717, 1.165) is 122 Å². The summed E-state index contributed by atoms with van der Waals surface area (Å²) >= 11 is 0. The Hall–Kier alpha value is -9.30. The maximum atomic E-state index is 14.1. The number of hydrogen-bond acceptors (Lipinski definition) is 5. The highest BCUT2D eigenvalue weighted by atomic mass is 32.2. The van der Waals surface area contributed by atoms with Crippen LogP contribution in [-0.4, -0.2) is 28.8 Å². The van der Waals surface area contributed by atoms with Crippen LogP contribution in [0, 0.1) is 11.3 Å². The van der Waals surface area contributed by atoms with Gasteiger partial charge < -0.3 is 23.2 Å². The van der Waals surface area contributed by atoms with E-state index in [1.807, 2.05) is 30.3 Å². The fourth-order valence-corrected chi connectivity index (χ4v) is 12.9. The smallest absolute Gasteiger partial charge is 0.260 e. The minimum atomic E-state index is -3.90. The normalized spacial score (nSPS) is 12.8. The van der Waals surface area contributed by atoms with E-state index in [2.05, 4.69) is 165 Å². The number of nitriles is 1. The first kappa shape index (κ1) is 39.7. The van der Waals surface area contributed by atoms with Gasteiger partial charge in [0.15, 0.2) is 0 Å². The van der Waals surface area contributed by atoms with Crippen molar-refractivity contribution in [3.8, 4) is 46.1 Å². The van der Waals surface area contributed by atoms with Crippen LogP contribution in [0.1, 0.15) is 5.56 Å². The quantitative estimate of drug-likeness (QED) is 0.160. The third kappa shape index (κ3) is 5.46. The summed E-state index contributed by atoms with van der Waals surface area (Å²) in [5, 5.41) is 15.8. The van der Waals surface area contributed by atoms with Gasteiger partial charge in [0.25, 0.3) is 6.71 Å². The Morgan fingerprint density at radius 1 is 0.408 bits per heavy atom. The molecule has 0 amide bonds. The van der Waals surface area contributed by atoms with Crippen molar-refractivity contribution in [3.05, 3.63) is 218 Å². The Morgan fingerprint density at radius 3 is 1.28 bits per heavy atom. The van der Waals surface area contributed by atoms with Crippen molar-refractivity contribution in [2.45, 2.75) is 9.79 Å². The van der Waals surface area contributed by atoms with Crippen LogP contribution in [0.3, 0.4) is 0 Å². The molecule has 0 aliphatic carbocycles. The van der Waals surface area contributed by atoms with E-state index in [4.69, 9.17) is 9.47 Å². The molecule has 13 aromatic rings. The van der Waals surface area contributed by atoms with Crippen molar-refractivity contribution in [1.82, 2.24) is 13.7 Å². The average molecular weight is 931 g/mol. The number of sulfone groups is 1. The maximum Gasteiger partial charge on any atom is 0.260 e. The largest absolute Gasteiger partial charge is 0.458 e. The Bertz CT molecular complexity index is 4540. The van der Waals surface area contributed by atoms with Crippen LogP contribution >= 0.6 is 0 Å². The van der Waals surface area contributed by atoms with Crippen LogP contribution in [0.2, 0.25) is 0 Å². The number of hydrogen-bond donors (Lipinski definition) is 0. The fourth-order valence-electron chi connectivity index (χ4n) is 11.7. The molecule has 71 heavy (non-hydrogen) atoms. The van der Waals surface area contributed by atoms with Crippen molar-refractivity contribution < 1.29 is 17.9 Å². The molecule has 0 saturated heterocycles. The molecule has 0 saturated carbocycles. The third-order valence-corrected chi connectivity index (χ3v) is 16.4. The van der Waals surface area contributed by atoms with Gasteiger partial charge >= 0.3 is 0 Å². The van der Waals surface area contributed by atoms with E-state index in [1.165, 1.54) is 24.3 Å². The van der Waals surface area contributed by atoms with E-state index in [-0.39, 0.29) is 16.5 Å². The van der Waals surface area contributed by atoms with Gasteiger partial charge in [0.1, 0.15) is 23.0 Å². The van der Waals surface area contributed by atoms with Gasteiger partial charge in [-0.2, -0.15) is 5.26 Å². The molecule has 2 aliphatic heterocycles. The van der Waals surface area contributed by atoms with Crippen LogP contribution in [-0.2, 0) is 9.84 Å². The Balaban J connectivity index is 1.10. The molecule has 5 heterocycles. The van der Waals surface area contributed by atoms with Gasteiger partial charge in [-0.15, -0.1) is 0 Å². The standard InChI is InChI=1S/C61H35BN4O4S/c63-36-37-26-30-41(31-27-37)71(67,68)42-32-28-39(29-33-42)65-49-22-10-5-17-44(49)56-60(65)55-43-16-4-9-21-48(43)64(38-14-2-1-3-15-38)59(55)57-45-18-6-11-23-50(45)66(61(56)57)40-34-53-58-54(35-40)70-52-25-13-8-20-47(52)62(58)46-19-7-12-24-51(46)69-53/h1-35H. The maximum absolute atomic E-state index is 14.1. The molecule has 0 fully saturated rings. The van der Waals surface area contributed by atoms with Crippen LogP contribution in [0.15, 0.2) is 222 Å². The lowest BCUT2D eigenvalue weighted by atomic mass is 9.35. The summed E-state index contributed by atoms with van der Waals surface area (Å²) in [5.41, 5.74) is 12.4. The first-order valence-corrected chi connectivity index (χ1v) is 25.0. The summed E-state index contributed by atoms with van der Waals surface area (Å²) in [6.45, 7) is -0.0709. The summed E-state index contributed by atoms with van der Waals surface area (Å²) in [4.78, 5) is 0.288. The van der Waals surface area contributed by atoms with E-state index in [0.29, 0.717) is 5.56 Å². The number of para-hydroxylation sites is 6. The van der Waals surface area contributed by atoms with Gasteiger partial charge in [0.2, 0.25) is 9.84 Å². The molecule has 0 unspecified atom stereocenters. The van der Waals surface area contributed by atoms with Gasteiger partial charge in [-0.1, -0.05) is 109 Å². The van der Waals surface area contributed by atoms with E-state index >= 15 is 0 Å². The Labute approximate surface area is 407 Å². The minimum Gasteiger partial charge on any atom is -0.458 e. The molecule has 0 N–H and O–H groups in total. The number of rotatable bonds is 5. The summed E-state index contributed by atoms with van der Waals surface area (Å²) in [6, 6.07) is 72.6. The molecule has 8 nitrogen and oxygen atoms in total. The predicted molar refractivity (Wildman–Crippen MR) is 284 cm³/mol. The minimum absolute atomic E-state index is 0.0709. The molecule has 10 aromatic carbocycles. The lowest BCUT2D eigenvalue weighted by Crippen LogP contribution is -2.57. The zero-order chi connectivity index (χ0) is 47.1. The van der Waals surface area contributed by atoms with Gasteiger partial charge in [-0.25, -0.2) is 8.42 Å². The van der Waals surface area contributed by atoms with Gasteiger partial charge in [0.05, 0.1) is 60.2 Å². The van der Waals surface area contributed by atoms with Gasteiger partial charge in [0, 0.05) is 61.3 Å². The van der Waals surface area contributed by atoms with Crippen LogP contribution < -0.4 is 25.9 Å². The summed E-state index contributed by atoms with van der Waals surface area (Å²) in [5.74, 6) is 3.14. The zero-order valence-corrected chi connectivity index (χ0v) is 38.4. The molecular weight excluding hydrogens is 896 g/mol. The lowest BCUT2D eigenvalue weighted by molar-refractivity contribution is 0.464. The van der Waals surface area contributed by atoms with Gasteiger partial charge in [-0.05, 0) is 102 Å². The number of nitrogens with zero attached hydrogens (tertiary/aromatic N) is 4. The van der Waals surface area contributed by atoms with Crippen molar-refractivity contribution in [1.29, 1.82) is 5.26 Å². The first-order valence-electron chi connectivity index (χ1n) is 23.5. The number of ether oxygens (including phenoxy) is 2. The number of benzene rings is 10. The summed E-state index contributed by atoms with van der Waals surface area (Å²) < 4.78 is 49.1. The number of aromatic nitrogens is 3. The lowest BCUT2D eigenvalue weighted by Gasteiger charge is -2.33. The molecule has 3 aromatic heterocycles. The Kier molecular flexibility index (Phi) is 8.16. The molecule has 2 aliphatic rings. The molecule has 332 valence electrons. The highest BCUT2D eigenvalue weighted by Crippen LogP contribution is 2.51. The predicted octanol–water partition coefficient (Wildman–Crippen LogP) is 12.4. The molecule has 0 atom stereocenters. The van der Waals surface area contributed by atoms with Crippen molar-refractivity contribution >= 4 is 98.4 Å². The SMILES string of the molecule is N#Cc1ccc(S(=O)(=O)c2ccc(-n3c4ccccc4c4c3c3c5ccccc5n(-c5ccccc5)c3c3c5ccccc5n(-c5cc6c7c(c5)Oc5ccccc5B7c5ccccc5O6)c34)cc2)cc1. The van der Waals surface area contributed by atoms with Crippen molar-refractivity contribution in [3.63, 3.8) is 0 Å². The third-order valence-electron chi connectivity index (χ3n) is 14.6. The zero-order valence-electron chi connectivity index (χ0n) is 37.6. The van der Waals surface area contributed by atoms with E-state index in [9.17, 15) is 13.7 Å². The second kappa shape index (κ2) is 14.6. The molecule has 0 radical (unpaired) electrons. The van der Waals surface area contributed by atoms with Crippen molar-refractivity contribution in [2.24, 2.45) is 0 Å². The topological polar surface area (TPSA) is 91.2 Å². The van der Waals surface area contributed by atoms with Crippen LogP contribution in [0.4, 0.5) is 0 Å². The molecule has 0 spiro atoms. The van der Waals surface area contributed by atoms with Crippen LogP contribution in [0.5, 0.6) is 23.0 Å². The molecule has 15 rings (SSSR count). The first-order chi connectivity index (χ1) is 35.0. The van der Waals surface area contributed by atoms with Crippen molar-refractivity contribution in [2.75, 3.05) is 0 Å². The second-order valence-electron chi connectivity index (χ2n) is 18.3. The molecule has 10 heteroatoms. The highest BCUT2D eigenvalue weighted by Gasteiger charge is 2.41. The monoisotopic (exact) mass is 930 g/mol. The fraction of sp³-hybridized carbons (Fsp3) is 0. The summed E-state index contributed by atoms with van der Waals surface area (Å²) in [6.07, 6.45) is 0. The Morgan fingerprint density at radius 2 is 0.803 bits per heavy atom. The molecular formula is C61H35BN4O4S. The highest BCUT2D eigenvalue weighted by molar-refractivity contribution is 7.91. The molecule has 0 bridgehead atoms. The van der Waals surface area contributed by atoms with E-state index < -0.39 is 9.84 Å².